The monoisotopic (exact) mass is 377 g/mol. The fraction of sp³-hybridized carbons (Fsp3) is 0.286. The molecule has 0 saturated carbocycles. The van der Waals surface area contributed by atoms with E-state index in [-0.39, 0.29) is 17.7 Å². The summed E-state index contributed by atoms with van der Waals surface area (Å²) in [6.45, 7) is 0.960. The molecule has 0 aliphatic carbocycles. The van der Waals surface area contributed by atoms with Gasteiger partial charge in [-0.1, -0.05) is 30.3 Å². The van der Waals surface area contributed by atoms with Crippen LogP contribution in [0.3, 0.4) is 0 Å². The third-order valence-corrected chi connectivity index (χ3v) is 5.19. The Morgan fingerprint density at radius 1 is 1.25 bits per heavy atom. The molecule has 2 heterocycles. The van der Waals surface area contributed by atoms with Crippen molar-refractivity contribution in [2.75, 3.05) is 18.4 Å². The van der Waals surface area contributed by atoms with Crippen LogP contribution in [0.5, 0.6) is 0 Å². The number of nitrogens with one attached hydrogen (secondary N) is 2. The molecule has 1 unspecified atom stereocenters. The lowest BCUT2D eigenvalue weighted by Gasteiger charge is -2.21. The van der Waals surface area contributed by atoms with E-state index in [9.17, 15) is 9.59 Å². The molecule has 7 nitrogen and oxygen atoms in total. The maximum atomic E-state index is 12.7. The predicted molar refractivity (Wildman–Crippen MR) is 108 cm³/mol. The van der Waals surface area contributed by atoms with Gasteiger partial charge in [-0.2, -0.15) is 5.10 Å². The first-order chi connectivity index (χ1) is 13.6. The van der Waals surface area contributed by atoms with Crippen molar-refractivity contribution in [1.29, 1.82) is 0 Å². The van der Waals surface area contributed by atoms with Gasteiger partial charge in [0.25, 0.3) is 0 Å². The van der Waals surface area contributed by atoms with Crippen LogP contribution in [0.2, 0.25) is 0 Å². The molecule has 7 heteroatoms. The first-order valence-electron chi connectivity index (χ1n) is 9.42. The molecular formula is C21H23N5O2. The number of hydrogen-bond donors (Lipinski definition) is 3. The van der Waals surface area contributed by atoms with Crippen molar-refractivity contribution in [3.8, 4) is 0 Å². The molecule has 2 amide bonds. The van der Waals surface area contributed by atoms with E-state index in [0.29, 0.717) is 25.9 Å². The molecule has 3 aromatic rings. The minimum Gasteiger partial charge on any atom is -0.341 e. The Bertz CT molecular complexity index is 985. The van der Waals surface area contributed by atoms with E-state index in [1.54, 1.807) is 11.1 Å². The number of benzene rings is 2. The highest BCUT2D eigenvalue weighted by molar-refractivity contribution is 5.95. The van der Waals surface area contributed by atoms with Gasteiger partial charge >= 0.3 is 0 Å². The summed E-state index contributed by atoms with van der Waals surface area (Å²) in [4.78, 5) is 27.0. The van der Waals surface area contributed by atoms with Crippen LogP contribution in [0.25, 0.3) is 10.9 Å². The van der Waals surface area contributed by atoms with Crippen LogP contribution >= 0.6 is 0 Å². The van der Waals surface area contributed by atoms with Gasteiger partial charge in [0, 0.05) is 24.2 Å². The van der Waals surface area contributed by atoms with E-state index in [1.807, 2.05) is 48.5 Å². The second-order valence-electron chi connectivity index (χ2n) is 7.23. The van der Waals surface area contributed by atoms with Crippen LogP contribution < -0.4 is 11.1 Å². The molecule has 1 aromatic heterocycles. The average molecular weight is 377 g/mol. The van der Waals surface area contributed by atoms with Crippen molar-refractivity contribution in [3.63, 3.8) is 0 Å². The van der Waals surface area contributed by atoms with Gasteiger partial charge in [-0.05, 0) is 36.6 Å². The highest BCUT2D eigenvalue weighted by atomic mass is 16.2. The SMILES string of the molecule is N[C@H](Cc1ccccc1)C(=O)N1CCC(C(=O)Nc2ccc3[nH]ncc3c2)C1. The minimum absolute atomic E-state index is 0.0743. The summed E-state index contributed by atoms with van der Waals surface area (Å²) in [6.07, 6.45) is 2.86. The van der Waals surface area contributed by atoms with Gasteiger partial charge in [0.2, 0.25) is 11.8 Å². The van der Waals surface area contributed by atoms with E-state index in [4.69, 9.17) is 5.73 Å². The number of amides is 2. The van der Waals surface area contributed by atoms with Crippen molar-refractivity contribution < 1.29 is 9.59 Å². The molecule has 0 radical (unpaired) electrons. The van der Waals surface area contributed by atoms with Crippen LogP contribution in [0.15, 0.2) is 54.7 Å². The lowest BCUT2D eigenvalue weighted by atomic mass is 10.1. The summed E-state index contributed by atoms with van der Waals surface area (Å²) >= 11 is 0. The number of fused-ring (bicyclic) bond motifs is 1. The second kappa shape index (κ2) is 7.82. The van der Waals surface area contributed by atoms with E-state index in [0.717, 1.165) is 22.2 Å². The topological polar surface area (TPSA) is 104 Å². The Balaban J connectivity index is 1.33. The molecule has 2 aromatic carbocycles. The number of carbonyl (C=O) groups is 2. The van der Waals surface area contributed by atoms with E-state index >= 15 is 0 Å². The highest BCUT2D eigenvalue weighted by Crippen LogP contribution is 2.21. The van der Waals surface area contributed by atoms with Gasteiger partial charge in [-0.3, -0.25) is 14.7 Å². The Kier molecular flexibility index (Phi) is 5.08. The van der Waals surface area contributed by atoms with Crippen molar-refractivity contribution in [1.82, 2.24) is 15.1 Å². The third kappa shape index (κ3) is 3.89. The Morgan fingerprint density at radius 3 is 2.89 bits per heavy atom. The van der Waals surface area contributed by atoms with Gasteiger partial charge in [-0.25, -0.2) is 0 Å². The van der Waals surface area contributed by atoms with Crippen LogP contribution in [-0.4, -0.2) is 46.0 Å². The molecule has 4 rings (SSSR count). The lowest BCUT2D eigenvalue weighted by molar-refractivity contribution is -0.131. The molecule has 1 saturated heterocycles. The highest BCUT2D eigenvalue weighted by Gasteiger charge is 2.33. The predicted octanol–water partition coefficient (Wildman–Crippen LogP) is 1.92. The normalized spacial score (nSPS) is 17.6. The molecule has 1 aliphatic heterocycles. The van der Waals surface area contributed by atoms with E-state index in [1.165, 1.54) is 0 Å². The first kappa shape index (κ1) is 18.2. The number of rotatable bonds is 5. The van der Waals surface area contributed by atoms with E-state index < -0.39 is 6.04 Å². The molecule has 1 fully saturated rings. The maximum Gasteiger partial charge on any atom is 0.239 e. The summed E-state index contributed by atoms with van der Waals surface area (Å²) in [6, 6.07) is 14.7. The summed E-state index contributed by atoms with van der Waals surface area (Å²) in [5.74, 6) is -0.401. The fourth-order valence-corrected chi connectivity index (χ4v) is 3.63. The quantitative estimate of drug-likeness (QED) is 0.632. The smallest absolute Gasteiger partial charge is 0.239 e. The lowest BCUT2D eigenvalue weighted by Crippen LogP contribution is -2.44. The van der Waals surface area contributed by atoms with Gasteiger partial charge in [0.15, 0.2) is 0 Å². The number of nitrogens with two attached hydrogens (primary N) is 1. The number of aromatic nitrogens is 2. The summed E-state index contributed by atoms with van der Waals surface area (Å²) in [5, 5.41) is 10.7. The fourth-order valence-electron chi connectivity index (χ4n) is 3.63. The molecule has 0 spiro atoms. The zero-order valence-electron chi connectivity index (χ0n) is 15.5. The standard InChI is InChI=1S/C21H23N5O2/c22-18(10-14-4-2-1-3-5-14)21(28)26-9-8-15(13-26)20(27)24-17-6-7-19-16(11-17)12-23-25-19/h1-7,11-12,15,18H,8-10,13,22H2,(H,23,25)(H,24,27)/t15?,18-/m1/s1. The number of nitrogens with zero attached hydrogens (tertiary/aromatic N) is 2. The van der Waals surface area contributed by atoms with E-state index in [2.05, 4.69) is 15.5 Å². The molecular weight excluding hydrogens is 354 g/mol. The number of H-pyrrole nitrogens is 1. The van der Waals surface area contributed by atoms with Crippen LogP contribution in [0, 0.1) is 5.92 Å². The Labute approximate surface area is 162 Å². The number of aromatic amines is 1. The number of carbonyl (C=O) groups excluding carboxylic acids is 2. The molecule has 1 aliphatic rings. The summed E-state index contributed by atoms with van der Waals surface area (Å²) in [5.41, 5.74) is 8.80. The first-order valence-corrected chi connectivity index (χ1v) is 9.42. The van der Waals surface area contributed by atoms with Crippen LogP contribution in [-0.2, 0) is 16.0 Å². The Hall–Kier alpha value is -3.19. The minimum atomic E-state index is -0.590. The summed E-state index contributed by atoms with van der Waals surface area (Å²) < 4.78 is 0. The van der Waals surface area contributed by atoms with Gasteiger partial charge in [-0.15, -0.1) is 0 Å². The average Bonchev–Trinajstić information content (AvgIpc) is 3.37. The zero-order chi connectivity index (χ0) is 19.5. The molecule has 144 valence electrons. The van der Waals surface area contributed by atoms with Gasteiger partial charge in [0.05, 0.1) is 23.7 Å². The van der Waals surface area contributed by atoms with Gasteiger partial charge in [0.1, 0.15) is 0 Å². The molecule has 4 N–H and O–H groups in total. The van der Waals surface area contributed by atoms with Crippen molar-refractivity contribution in [2.24, 2.45) is 11.7 Å². The van der Waals surface area contributed by atoms with Crippen LogP contribution in [0.4, 0.5) is 5.69 Å². The summed E-state index contributed by atoms with van der Waals surface area (Å²) in [7, 11) is 0. The number of likely N-dealkylation sites (tertiary alicyclic amines) is 1. The van der Waals surface area contributed by atoms with Crippen molar-refractivity contribution in [2.45, 2.75) is 18.9 Å². The Morgan fingerprint density at radius 2 is 2.07 bits per heavy atom. The molecule has 0 bridgehead atoms. The van der Waals surface area contributed by atoms with Crippen molar-refractivity contribution >= 4 is 28.4 Å². The molecule has 2 atom stereocenters. The molecule has 28 heavy (non-hydrogen) atoms. The van der Waals surface area contributed by atoms with Crippen LogP contribution in [0.1, 0.15) is 12.0 Å². The third-order valence-electron chi connectivity index (χ3n) is 5.19. The maximum absolute atomic E-state index is 12.7. The second-order valence-corrected chi connectivity index (χ2v) is 7.23. The number of anilines is 1. The number of hydrogen-bond acceptors (Lipinski definition) is 4. The zero-order valence-corrected chi connectivity index (χ0v) is 15.5. The van der Waals surface area contributed by atoms with Gasteiger partial charge < -0.3 is 16.0 Å². The largest absolute Gasteiger partial charge is 0.341 e. The van der Waals surface area contributed by atoms with Crippen molar-refractivity contribution in [3.05, 3.63) is 60.3 Å².